The van der Waals surface area contributed by atoms with Crippen molar-refractivity contribution in [3.63, 3.8) is 0 Å². The zero-order valence-corrected chi connectivity index (χ0v) is 8.87. The van der Waals surface area contributed by atoms with Crippen molar-refractivity contribution in [1.82, 2.24) is 10.5 Å². The Kier molecular flexibility index (Phi) is 3.68. The molecule has 1 rings (SSSR count). The van der Waals surface area contributed by atoms with Crippen LogP contribution < -0.4 is 5.32 Å². The first-order valence-electron chi connectivity index (χ1n) is 4.01. The Bertz CT molecular complexity index is 376. The van der Waals surface area contributed by atoms with Crippen molar-refractivity contribution in [2.45, 2.75) is 13.0 Å². The number of ether oxygens (including phenoxy) is 1. The second-order valence-electron chi connectivity index (χ2n) is 2.71. The first kappa shape index (κ1) is 11.5. The molecule has 0 saturated carbocycles. The van der Waals surface area contributed by atoms with E-state index >= 15 is 0 Å². The molecule has 1 aromatic rings. The van der Waals surface area contributed by atoms with Crippen LogP contribution in [0, 0.1) is 0 Å². The molecule has 1 N–H and O–H groups in total. The van der Waals surface area contributed by atoms with Gasteiger partial charge in [-0.3, -0.25) is 4.79 Å². The molecule has 15 heavy (non-hydrogen) atoms. The second-order valence-corrected chi connectivity index (χ2v) is 3.10. The SMILES string of the molecule is COC(=O)C(NC(C)=O)c1cc(Cl)no1. The molecule has 6 nitrogen and oxygen atoms in total. The number of esters is 1. The Morgan fingerprint density at radius 3 is 2.73 bits per heavy atom. The molecule has 0 aliphatic carbocycles. The van der Waals surface area contributed by atoms with E-state index in [1.807, 2.05) is 0 Å². The largest absolute Gasteiger partial charge is 0.467 e. The van der Waals surface area contributed by atoms with E-state index in [-0.39, 0.29) is 10.9 Å². The van der Waals surface area contributed by atoms with Crippen molar-refractivity contribution in [3.8, 4) is 0 Å². The molecule has 1 atom stereocenters. The van der Waals surface area contributed by atoms with Gasteiger partial charge in [0.2, 0.25) is 5.91 Å². The molecule has 7 heteroatoms. The number of methoxy groups -OCH3 is 1. The zero-order valence-electron chi connectivity index (χ0n) is 8.11. The average molecular weight is 233 g/mol. The van der Waals surface area contributed by atoms with Crippen molar-refractivity contribution in [2.24, 2.45) is 0 Å². The van der Waals surface area contributed by atoms with Crippen molar-refractivity contribution in [2.75, 3.05) is 7.11 Å². The van der Waals surface area contributed by atoms with Crippen LogP contribution >= 0.6 is 11.6 Å². The zero-order chi connectivity index (χ0) is 11.4. The van der Waals surface area contributed by atoms with Gasteiger partial charge in [-0.2, -0.15) is 0 Å². The van der Waals surface area contributed by atoms with Gasteiger partial charge in [0.1, 0.15) is 0 Å². The molecule has 0 aromatic carbocycles. The lowest BCUT2D eigenvalue weighted by molar-refractivity contribution is -0.145. The Morgan fingerprint density at radius 1 is 1.67 bits per heavy atom. The molecule has 0 bridgehead atoms. The molecule has 0 aliphatic heterocycles. The standard InChI is InChI=1S/C8H9ClN2O4/c1-4(12)10-7(8(13)14-2)5-3-6(9)11-15-5/h3,7H,1-2H3,(H,10,12). The van der Waals surface area contributed by atoms with Crippen LogP contribution in [0.2, 0.25) is 5.15 Å². The summed E-state index contributed by atoms with van der Waals surface area (Å²) in [5, 5.41) is 5.85. The molecule has 1 unspecified atom stereocenters. The van der Waals surface area contributed by atoms with Gasteiger partial charge < -0.3 is 14.6 Å². The maximum absolute atomic E-state index is 11.3. The second kappa shape index (κ2) is 4.79. The van der Waals surface area contributed by atoms with Crippen LogP contribution in [0.25, 0.3) is 0 Å². The van der Waals surface area contributed by atoms with Crippen molar-refractivity contribution in [1.29, 1.82) is 0 Å². The van der Waals surface area contributed by atoms with Gasteiger partial charge in [0.25, 0.3) is 0 Å². The van der Waals surface area contributed by atoms with E-state index in [4.69, 9.17) is 16.1 Å². The summed E-state index contributed by atoms with van der Waals surface area (Å²) in [5.41, 5.74) is 0. The normalized spacial score (nSPS) is 11.9. The molecule has 0 saturated heterocycles. The van der Waals surface area contributed by atoms with Crippen LogP contribution in [0.5, 0.6) is 0 Å². The van der Waals surface area contributed by atoms with E-state index in [0.29, 0.717) is 0 Å². The third kappa shape index (κ3) is 2.95. The first-order chi connectivity index (χ1) is 7.04. The lowest BCUT2D eigenvalue weighted by Crippen LogP contribution is -2.32. The molecular formula is C8H9ClN2O4. The number of nitrogens with one attached hydrogen (secondary N) is 1. The molecule has 82 valence electrons. The van der Waals surface area contributed by atoms with Gasteiger partial charge in [0, 0.05) is 13.0 Å². The van der Waals surface area contributed by atoms with E-state index in [1.54, 1.807) is 0 Å². The van der Waals surface area contributed by atoms with Crippen LogP contribution in [-0.4, -0.2) is 24.1 Å². The Balaban J connectivity index is 2.90. The summed E-state index contributed by atoms with van der Waals surface area (Å²) in [6, 6.07) is 0.312. The van der Waals surface area contributed by atoms with E-state index < -0.39 is 17.9 Å². The summed E-state index contributed by atoms with van der Waals surface area (Å²) in [6.07, 6.45) is 0. The van der Waals surface area contributed by atoms with E-state index in [2.05, 4.69) is 15.2 Å². The number of aromatic nitrogens is 1. The highest BCUT2D eigenvalue weighted by Gasteiger charge is 2.26. The molecule has 0 radical (unpaired) electrons. The van der Waals surface area contributed by atoms with Gasteiger partial charge in [-0.15, -0.1) is 0 Å². The van der Waals surface area contributed by atoms with E-state index in [0.717, 1.165) is 0 Å². The molecule has 1 amide bonds. The van der Waals surface area contributed by atoms with Crippen molar-refractivity contribution < 1.29 is 18.8 Å². The fourth-order valence-corrected chi connectivity index (χ4v) is 1.11. The molecule has 0 fully saturated rings. The minimum absolute atomic E-state index is 0.101. The topological polar surface area (TPSA) is 81.4 Å². The Hall–Kier alpha value is -1.56. The highest BCUT2D eigenvalue weighted by molar-refractivity contribution is 6.29. The van der Waals surface area contributed by atoms with Crippen LogP contribution in [0.3, 0.4) is 0 Å². The maximum Gasteiger partial charge on any atom is 0.336 e. The smallest absolute Gasteiger partial charge is 0.336 e. The first-order valence-corrected chi connectivity index (χ1v) is 4.39. The summed E-state index contributed by atoms with van der Waals surface area (Å²) >= 11 is 5.52. The maximum atomic E-state index is 11.3. The van der Waals surface area contributed by atoms with Crippen LogP contribution in [0.4, 0.5) is 0 Å². The number of halogens is 1. The van der Waals surface area contributed by atoms with E-state index in [1.165, 1.54) is 20.1 Å². The number of hydrogen-bond donors (Lipinski definition) is 1. The Morgan fingerprint density at radius 2 is 2.33 bits per heavy atom. The molecule has 0 aliphatic rings. The summed E-state index contributed by atoms with van der Waals surface area (Å²) in [4.78, 5) is 22.1. The number of carbonyl (C=O) groups excluding carboxylic acids is 2. The monoisotopic (exact) mass is 232 g/mol. The van der Waals surface area contributed by atoms with Gasteiger partial charge >= 0.3 is 5.97 Å². The van der Waals surface area contributed by atoms with Crippen LogP contribution in [-0.2, 0) is 14.3 Å². The van der Waals surface area contributed by atoms with Crippen LogP contribution in [0.15, 0.2) is 10.6 Å². The lowest BCUT2D eigenvalue weighted by Gasteiger charge is -2.11. The quantitative estimate of drug-likeness (QED) is 0.775. The van der Waals surface area contributed by atoms with Gasteiger partial charge in [-0.25, -0.2) is 4.79 Å². The average Bonchev–Trinajstić information content (AvgIpc) is 2.59. The fourth-order valence-electron chi connectivity index (χ4n) is 0.970. The molecule has 1 aromatic heterocycles. The van der Waals surface area contributed by atoms with E-state index in [9.17, 15) is 9.59 Å². The molecule has 0 spiro atoms. The highest BCUT2D eigenvalue weighted by atomic mass is 35.5. The van der Waals surface area contributed by atoms with Gasteiger partial charge in [0.15, 0.2) is 17.0 Å². The molecule has 1 heterocycles. The highest BCUT2D eigenvalue weighted by Crippen LogP contribution is 2.18. The minimum Gasteiger partial charge on any atom is -0.467 e. The number of rotatable bonds is 3. The number of nitrogens with zero attached hydrogens (tertiary/aromatic N) is 1. The summed E-state index contributed by atoms with van der Waals surface area (Å²) < 4.78 is 9.25. The number of carbonyl (C=O) groups is 2. The minimum atomic E-state index is -1.02. The lowest BCUT2D eigenvalue weighted by atomic mass is 10.2. The summed E-state index contributed by atoms with van der Waals surface area (Å²) in [5.74, 6) is -0.919. The van der Waals surface area contributed by atoms with Crippen LogP contribution in [0.1, 0.15) is 18.7 Å². The predicted molar refractivity (Wildman–Crippen MR) is 50.1 cm³/mol. The molecular weight excluding hydrogens is 224 g/mol. The third-order valence-electron chi connectivity index (χ3n) is 1.57. The summed E-state index contributed by atoms with van der Waals surface area (Å²) in [6.45, 7) is 1.27. The third-order valence-corrected chi connectivity index (χ3v) is 1.75. The summed E-state index contributed by atoms with van der Waals surface area (Å²) in [7, 11) is 1.20. The van der Waals surface area contributed by atoms with Gasteiger partial charge in [-0.1, -0.05) is 16.8 Å². The number of amides is 1. The number of hydrogen-bond acceptors (Lipinski definition) is 5. The van der Waals surface area contributed by atoms with Gasteiger partial charge in [-0.05, 0) is 0 Å². The van der Waals surface area contributed by atoms with Crippen molar-refractivity contribution >= 4 is 23.5 Å². The van der Waals surface area contributed by atoms with Gasteiger partial charge in [0.05, 0.1) is 7.11 Å². The predicted octanol–water partition coefficient (Wildman–Crippen LogP) is 0.678. The fraction of sp³-hybridized carbons (Fsp3) is 0.375. The van der Waals surface area contributed by atoms with Crippen molar-refractivity contribution in [3.05, 3.63) is 17.0 Å². The Labute approximate surface area is 90.5 Å².